The number of nitrogens with one attached hydrogen (secondary N) is 1. The zero-order valence-corrected chi connectivity index (χ0v) is 9.27. The van der Waals surface area contributed by atoms with E-state index in [2.05, 4.69) is 4.98 Å². The predicted octanol–water partition coefficient (Wildman–Crippen LogP) is 3.14. The lowest BCUT2D eigenvalue weighted by Gasteiger charge is -1.96. The number of H-pyrrole nitrogens is 1. The largest absolute Gasteiger partial charge is 0.461 e. The minimum Gasteiger partial charge on any atom is -0.461 e. The number of hydrogen-bond acceptors (Lipinski definition) is 2. The summed E-state index contributed by atoms with van der Waals surface area (Å²) in [6, 6.07) is 4.17. The van der Waals surface area contributed by atoms with Gasteiger partial charge < -0.3 is 9.72 Å². The summed E-state index contributed by atoms with van der Waals surface area (Å²) in [6.45, 7) is 1.98. The van der Waals surface area contributed by atoms with Gasteiger partial charge in [-0.1, -0.05) is 11.6 Å². The Bertz CT molecular complexity index is 550. The summed E-state index contributed by atoms with van der Waals surface area (Å²) >= 11 is 5.70. The van der Waals surface area contributed by atoms with Crippen LogP contribution in [0.2, 0.25) is 5.02 Å². The van der Waals surface area contributed by atoms with E-state index in [4.69, 9.17) is 16.3 Å². The zero-order valence-electron chi connectivity index (χ0n) is 8.51. The lowest BCUT2D eigenvalue weighted by molar-refractivity contribution is 0.0520. The number of esters is 1. The summed E-state index contributed by atoms with van der Waals surface area (Å²) in [5.41, 5.74) is 0.700. The molecule has 5 heteroatoms. The number of aromatic amines is 1. The maximum Gasteiger partial charge on any atom is 0.354 e. The van der Waals surface area contributed by atoms with Crippen molar-refractivity contribution in [2.45, 2.75) is 6.92 Å². The Morgan fingerprint density at radius 3 is 2.94 bits per heavy atom. The molecule has 0 atom stereocenters. The standard InChI is InChI=1S/C11H9ClFNO2/c1-2-16-11(15)10-5-7-8(13)3-6(12)4-9(7)14-10/h3-5,14H,2H2,1H3. The molecule has 0 aliphatic rings. The quantitative estimate of drug-likeness (QED) is 0.821. The second-order valence-electron chi connectivity index (χ2n) is 3.25. The normalized spacial score (nSPS) is 10.7. The number of fused-ring (bicyclic) bond motifs is 1. The van der Waals surface area contributed by atoms with Crippen LogP contribution in [0.1, 0.15) is 17.4 Å². The van der Waals surface area contributed by atoms with Gasteiger partial charge in [0.05, 0.1) is 12.1 Å². The molecule has 1 N–H and O–H groups in total. The van der Waals surface area contributed by atoms with E-state index in [0.29, 0.717) is 10.9 Å². The monoisotopic (exact) mass is 241 g/mol. The summed E-state index contributed by atoms with van der Waals surface area (Å²) in [6.07, 6.45) is 0. The van der Waals surface area contributed by atoms with Gasteiger partial charge in [0.25, 0.3) is 0 Å². The molecule has 16 heavy (non-hydrogen) atoms. The number of carbonyl (C=O) groups excluding carboxylic acids is 1. The van der Waals surface area contributed by atoms with E-state index in [-0.39, 0.29) is 17.3 Å². The highest BCUT2D eigenvalue weighted by atomic mass is 35.5. The zero-order chi connectivity index (χ0) is 11.7. The molecule has 0 bridgehead atoms. The Hall–Kier alpha value is -1.55. The molecule has 0 aliphatic carbocycles. The number of ether oxygens (including phenoxy) is 1. The molecule has 84 valence electrons. The molecule has 1 aromatic carbocycles. The number of benzene rings is 1. The summed E-state index contributed by atoms with van der Waals surface area (Å²) in [4.78, 5) is 14.2. The van der Waals surface area contributed by atoms with Gasteiger partial charge in [-0.25, -0.2) is 9.18 Å². The van der Waals surface area contributed by atoms with Crippen molar-refractivity contribution in [1.29, 1.82) is 0 Å². The molecule has 1 heterocycles. The number of halogens is 2. The van der Waals surface area contributed by atoms with Gasteiger partial charge in [0.15, 0.2) is 0 Å². The van der Waals surface area contributed by atoms with Crippen molar-refractivity contribution in [3.8, 4) is 0 Å². The molecule has 2 rings (SSSR count). The number of hydrogen-bond donors (Lipinski definition) is 1. The first-order valence-corrected chi connectivity index (χ1v) is 5.14. The van der Waals surface area contributed by atoms with Crippen LogP contribution in [0.5, 0.6) is 0 Å². The molecule has 0 saturated carbocycles. The topological polar surface area (TPSA) is 42.1 Å². The molecule has 1 aromatic heterocycles. The highest BCUT2D eigenvalue weighted by molar-refractivity contribution is 6.31. The molecule has 3 nitrogen and oxygen atoms in total. The van der Waals surface area contributed by atoms with Gasteiger partial charge in [-0.2, -0.15) is 0 Å². The highest BCUT2D eigenvalue weighted by Crippen LogP contribution is 2.23. The van der Waals surface area contributed by atoms with Crippen molar-refractivity contribution >= 4 is 28.5 Å². The van der Waals surface area contributed by atoms with Crippen LogP contribution in [0.4, 0.5) is 4.39 Å². The van der Waals surface area contributed by atoms with Crippen LogP contribution in [-0.4, -0.2) is 17.6 Å². The van der Waals surface area contributed by atoms with Crippen LogP contribution in [0.3, 0.4) is 0 Å². The first kappa shape index (κ1) is 11.0. The Kier molecular flexibility index (Phi) is 2.83. The van der Waals surface area contributed by atoms with Gasteiger partial charge in [-0.15, -0.1) is 0 Å². The average molecular weight is 242 g/mol. The van der Waals surface area contributed by atoms with E-state index in [1.807, 2.05) is 0 Å². The third-order valence-electron chi connectivity index (χ3n) is 2.15. The average Bonchev–Trinajstić information content (AvgIpc) is 2.62. The third kappa shape index (κ3) is 1.88. The number of carbonyl (C=O) groups is 1. The van der Waals surface area contributed by atoms with Crippen LogP contribution in [-0.2, 0) is 4.74 Å². The first-order chi connectivity index (χ1) is 7.61. The number of aromatic nitrogens is 1. The molecular weight excluding hydrogens is 233 g/mol. The van der Waals surface area contributed by atoms with Crippen LogP contribution in [0.15, 0.2) is 18.2 Å². The van der Waals surface area contributed by atoms with Gasteiger partial charge in [0.1, 0.15) is 11.5 Å². The molecule has 0 amide bonds. The fourth-order valence-corrected chi connectivity index (χ4v) is 1.68. The van der Waals surface area contributed by atoms with Crippen LogP contribution < -0.4 is 0 Å². The second-order valence-corrected chi connectivity index (χ2v) is 3.69. The van der Waals surface area contributed by atoms with E-state index in [1.165, 1.54) is 12.1 Å². The molecule has 2 aromatic rings. The van der Waals surface area contributed by atoms with Crippen LogP contribution in [0, 0.1) is 5.82 Å². The van der Waals surface area contributed by atoms with E-state index >= 15 is 0 Å². The maximum absolute atomic E-state index is 13.5. The lowest BCUT2D eigenvalue weighted by atomic mass is 10.2. The molecule has 0 aliphatic heterocycles. The summed E-state index contributed by atoms with van der Waals surface area (Å²) < 4.78 is 18.3. The van der Waals surface area contributed by atoms with Crippen LogP contribution >= 0.6 is 11.6 Å². The third-order valence-corrected chi connectivity index (χ3v) is 2.37. The van der Waals surface area contributed by atoms with E-state index in [9.17, 15) is 9.18 Å². The van der Waals surface area contributed by atoms with Crippen molar-refractivity contribution in [2.75, 3.05) is 6.61 Å². The van der Waals surface area contributed by atoms with E-state index in [1.54, 1.807) is 13.0 Å². The SMILES string of the molecule is CCOC(=O)c1cc2c(F)cc(Cl)cc2[nH]1. The Morgan fingerprint density at radius 1 is 1.50 bits per heavy atom. The summed E-state index contributed by atoms with van der Waals surface area (Å²) in [5, 5.41) is 0.606. The van der Waals surface area contributed by atoms with E-state index < -0.39 is 11.8 Å². The molecule has 0 radical (unpaired) electrons. The Labute approximate surface area is 96.2 Å². The van der Waals surface area contributed by atoms with Gasteiger partial charge in [0.2, 0.25) is 0 Å². The Morgan fingerprint density at radius 2 is 2.25 bits per heavy atom. The highest BCUT2D eigenvalue weighted by Gasteiger charge is 2.13. The van der Waals surface area contributed by atoms with E-state index in [0.717, 1.165) is 0 Å². The Balaban J connectivity index is 2.51. The maximum atomic E-state index is 13.5. The van der Waals surface area contributed by atoms with Crippen molar-refractivity contribution < 1.29 is 13.9 Å². The van der Waals surface area contributed by atoms with Gasteiger partial charge >= 0.3 is 5.97 Å². The second kappa shape index (κ2) is 4.14. The van der Waals surface area contributed by atoms with Gasteiger partial charge in [-0.3, -0.25) is 0 Å². The minimum atomic E-state index is -0.505. The van der Waals surface area contributed by atoms with Crippen LogP contribution in [0.25, 0.3) is 10.9 Å². The summed E-state index contributed by atoms with van der Waals surface area (Å²) in [7, 11) is 0. The fraction of sp³-hybridized carbons (Fsp3) is 0.182. The van der Waals surface area contributed by atoms with Crippen molar-refractivity contribution in [3.05, 3.63) is 34.7 Å². The predicted molar refractivity (Wildman–Crippen MR) is 59.2 cm³/mol. The molecule has 0 saturated heterocycles. The van der Waals surface area contributed by atoms with Crippen molar-refractivity contribution in [3.63, 3.8) is 0 Å². The smallest absolute Gasteiger partial charge is 0.354 e. The molecule has 0 unspecified atom stereocenters. The van der Waals surface area contributed by atoms with Crippen molar-refractivity contribution in [1.82, 2.24) is 4.98 Å². The number of rotatable bonds is 2. The minimum absolute atomic E-state index is 0.220. The lowest BCUT2D eigenvalue weighted by Crippen LogP contribution is -2.04. The molecule has 0 fully saturated rings. The van der Waals surface area contributed by atoms with Gasteiger partial charge in [0, 0.05) is 10.4 Å². The fourth-order valence-electron chi connectivity index (χ4n) is 1.48. The van der Waals surface area contributed by atoms with Crippen molar-refractivity contribution in [2.24, 2.45) is 0 Å². The first-order valence-electron chi connectivity index (χ1n) is 4.76. The summed E-state index contributed by atoms with van der Waals surface area (Å²) in [5.74, 6) is -0.969. The molecule has 0 spiro atoms. The molecular formula is C11H9ClFNO2. The van der Waals surface area contributed by atoms with Gasteiger partial charge in [-0.05, 0) is 25.1 Å².